The van der Waals surface area contributed by atoms with Crippen LogP contribution in [0.5, 0.6) is 0 Å². The molecule has 2 unspecified atom stereocenters. The van der Waals surface area contributed by atoms with Crippen molar-refractivity contribution in [2.75, 3.05) is 6.61 Å². The van der Waals surface area contributed by atoms with Crippen molar-refractivity contribution in [1.29, 1.82) is 0 Å². The molecule has 1 saturated heterocycles. The summed E-state index contributed by atoms with van der Waals surface area (Å²) in [4.78, 5) is 0. The number of nitrogens with one attached hydrogen (secondary N) is 1. The fourth-order valence-electron chi connectivity index (χ4n) is 1.74. The van der Waals surface area contributed by atoms with E-state index in [0.717, 1.165) is 31.0 Å². The first-order valence-corrected chi connectivity index (χ1v) is 5.03. The molecule has 2 rings (SSSR count). The van der Waals surface area contributed by atoms with E-state index in [1.54, 1.807) is 0 Å². The predicted molar refractivity (Wildman–Crippen MR) is 51.9 cm³/mol. The smallest absolute Gasteiger partial charge is 0.133 e. The zero-order valence-corrected chi connectivity index (χ0v) is 8.62. The van der Waals surface area contributed by atoms with Crippen LogP contribution in [-0.2, 0) is 11.3 Å². The van der Waals surface area contributed by atoms with E-state index in [2.05, 4.69) is 17.4 Å². The van der Waals surface area contributed by atoms with E-state index in [-0.39, 0.29) is 0 Å². The van der Waals surface area contributed by atoms with Crippen LogP contribution in [0.1, 0.15) is 24.8 Å². The minimum atomic E-state index is 0.308. The van der Waals surface area contributed by atoms with Crippen LogP contribution in [0.15, 0.2) is 10.6 Å². The molecule has 14 heavy (non-hydrogen) atoms. The summed E-state index contributed by atoms with van der Waals surface area (Å²) in [5.74, 6) is 0.859. The lowest BCUT2D eigenvalue weighted by Crippen LogP contribution is -2.34. The van der Waals surface area contributed by atoms with Crippen LogP contribution < -0.4 is 5.32 Å². The Morgan fingerprint density at radius 3 is 3.07 bits per heavy atom. The van der Waals surface area contributed by atoms with Crippen LogP contribution in [0.2, 0.25) is 0 Å². The van der Waals surface area contributed by atoms with Gasteiger partial charge in [0.25, 0.3) is 0 Å². The number of hydrogen-bond donors (Lipinski definition) is 1. The van der Waals surface area contributed by atoms with Crippen molar-refractivity contribution in [3.05, 3.63) is 17.5 Å². The molecule has 1 aromatic rings. The summed E-state index contributed by atoms with van der Waals surface area (Å²) in [7, 11) is 0. The van der Waals surface area contributed by atoms with Crippen molar-refractivity contribution in [2.24, 2.45) is 0 Å². The Labute approximate surface area is 83.6 Å². The van der Waals surface area contributed by atoms with Gasteiger partial charge in [-0.05, 0) is 20.3 Å². The first kappa shape index (κ1) is 9.68. The summed E-state index contributed by atoms with van der Waals surface area (Å²) in [6.07, 6.45) is 1.39. The van der Waals surface area contributed by atoms with Crippen molar-refractivity contribution in [3.8, 4) is 0 Å². The number of hydrogen-bond acceptors (Lipinski definition) is 4. The average Bonchev–Trinajstić information content (AvgIpc) is 2.72. The molecular weight excluding hydrogens is 180 g/mol. The maximum absolute atomic E-state index is 5.45. The highest BCUT2D eigenvalue weighted by Crippen LogP contribution is 2.13. The lowest BCUT2D eigenvalue weighted by Gasteiger charge is -2.14. The van der Waals surface area contributed by atoms with Crippen LogP contribution in [0.3, 0.4) is 0 Å². The molecule has 1 aliphatic rings. The molecule has 0 radical (unpaired) electrons. The fourth-order valence-corrected chi connectivity index (χ4v) is 1.74. The zero-order valence-electron chi connectivity index (χ0n) is 8.62. The topological polar surface area (TPSA) is 47.3 Å². The first-order chi connectivity index (χ1) is 6.75. The Kier molecular flexibility index (Phi) is 2.84. The molecular formula is C10H16N2O2. The lowest BCUT2D eigenvalue weighted by atomic mass is 10.1. The van der Waals surface area contributed by atoms with Crippen LogP contribution in [0.25, 0.3) is 0 Å². The quantitative estimate of drug-likeness (QED) is 0.790. The molecule has 1 aromatic heterocycles. The van der Waals surface area contributed by atoms with Gasteiger partial charge in [-0.15, -0.1) is 0 Å². The van der Waals surface area contributed by atoms with E-state index >= 15 is 0 Å². The van der Waals surface area contributed by atoms with Crippen molar-refractivity contribution in [2.45, 2.75) is 39.0 Å². The molecule has 4 nitrogen and oxygen atoms in total. The molecule has 0 spiro atoms. The SMILES string of the molecule is Cc1cc(CNC2CCOC2C)no1. The van der Waals surface area contributed by atoms with Crippen molar-refractivity contribution < 1.29 is 9.26 Å². The third-order valence-corrected chi connectivity index (χ3v) is 2.60. The predicted octanol–water partition coefficient (Wildman–Crippen LogP) is 1.25. The Hall–Kier alpha value is -0.870. The number of aromatic nitrogens is 1. The summed E-state index contributed by atoms with van der Waals surface area (Å²) in [6, 6.07) is 2.40. The second kappa shape index (κ2) is 4.11. The Bertz CT molecular complexity index is 298. The van der Waals surface area contributed by atoms with Gasteiger partial charge in [-0.2, -0.15) is 0 Å². The third kappa shape index (κ3) is 2.13. The average molecular weight is 196 g/mol. The van der Waals surface area contributed by atoms with Gasteiger partial charge in [-0.25, -0.2) is 0 Å². The van der Waals surface area contributed by atoms with E-state index in [1.807, 2.05) is 13.0 Å². The standard InChI is InChI=1S/C10H16N2O2/c1-7-5-9(12-14-7)6-11-10-3-4-13-8(10)2/h5,8,10-11H,3-4,6H2,1-2H3. The summed E-state index contributed by atoms with van der Waals surface area (Å²) < 4.78 is 10.4. The van der Waals surface area contributed by atoms with Gasteiger partial charge >= 0.3 is 0 Å². The summed E-state index contributed by atoms with van der Waals surface area (Å²) in [5.41, 5.74) is 0.960. The third-order valence-electron chi connectivity index (χ3n) is 2.60. The molecule has 2 atom stereocenters. The van der Waals surface area contributed by atoms with Gasteiger partial charge in [0, 0.05) is 25.3 Å². The summed E-state index contributed by atoms with van der Waals surface area (Å²) >= 11 is 0. The molecule has 1 N–H and O–H groups in total. The zero-order chi connectivity index (χ0) is 9.97. The summed E-state index contributed by atoms with van der Waals surface area (Å²) in [5, 5.41) is 7.34. The minimum absolute atomic E-state index is 0.308. The second-order valence-electron chi connectivity index (χ2n) is 3.78. The molecule has 1 fully saturated rings. The molecule has 78 valence electrons. The van der Waals surface area contributed by atoms with Gasteiger partial charge < -0.3 is 14.6 Å². The fraction of sp³-hybridized carbons (Fsp3) is 0.700. The van der Waals surface area contributed by atoms with Gasteiger partial charge in [-0.1, -0.05) is 5.16 Å². The Morgan fingerprint density at radius 2 is 2.50 bits per heavy atom. The van der Waals surface area contributed by atoms with Crippen molar-refractivity contribution in [3.63, 3.8) is 0 Å². The van der Waals surface area contributed by atoms with Crippen LogP contribution in [-0.4, -0.2) is 23.9 Å². The Balaban J connectivity index is 1.82. The molecule has 1 aliphatic heterocycles. The maximum Gasteiger partial charge on any atom is 0.133 e. The molecule has 0 aliphatic carbocycles. The van der Waals surface area contributed by atoms with E-state index in [1.165, 1.54) is 0 Å². The highest BCUT2D eigenvalue weighted by molar-refractivity contribution is 5.03. The van der Waals surface area contributed by atoms with Crippen LogP contribution in [0.4, 0.5) is 0 Å². The Morgan fingerprint density at radius 1 is 1.64 bits per heavy atom. The van der Waals surface area contributed by atoms with Crippen LogP contribution >= 0.6 is 0 Å². The van der Waals surface area contributed by atoms with Crippen LogP contribution in [0, 0.1) is 6.92 Å². The summed E-state index contributed by atoms with van der Waals surface area (Å²) in [6.45, 7) is 5.61. The maximum atomic E-state index is 5.45. The first-order valence-electron chi connectivity index (χ1n) is 5.03. The van der Waals surface area contributed by atoms with Gasteiger partial charge in [0.1, 0.15) is 5.76 Å². The van der Waals surface area contributed by atoms with Gasteiger partial charge in [0.15, 0.2) is 0 Å². The number of aryl methyl sites for hydroxylation is 1. The highest BCUT2D eigenvalue weighted by atomic mass is 16.5. The van der Waals surface area contributed by atoms with E-state index in [9.17, 15) is 0 Å². The molecule has 0 aromatic carbocycles. The monoisotopic (exact) mass is 196 g/mol. The van der Waals surface area contributed by atoms with Gasteiger partial charge in [0.05, 0.1) is 11.8 Å². The normalized spacial score (nSPS) is 27.0. The van der Waals surface area contributed by atoms with Crippen molar-refractivity contribution in [1.82, 2.24) is 10.5 Å². The molecule has 0 bridgehead atoms. The molecule has 0 amide bonds. The molecule has 4 heteroatoms. The van der Waals surface area contributed by atoms with E-state index in [0.29, 0.717) is 12.1 Å². The second-order valence-corrected chi connectivity index (χ2v) is 3.78. The highest BCUT2D eigenvalue weighted by Gasteiger charge is 2.23. The lowest BCUT2D eigenvalue weighted by molar-refractivity contribution is 0.113. The van der Waals surface area contributed by atoms with Gasteiger partial charge in [-0.3, -0.25) is 0 Å². The largest absolute Gasteiger partial charge is 0.377 e. The number of nitrogens with zero attached hydrogens (tertiary/aromatic N) is 1. The van der Waals surface area contributed by atoms with E-state index < -0.39 is 0 Å². The minimum Gasteiger partial charge on any atom is -0.377 e. The van der Waals surface area contributed by atoms with Gasteiger partial charge in [0.2, 0.25) is 0 Å². The molecule has 2 heterocycles. The number of rotatable bonds is 3. The number of ether oxygens (including phenoxy) is 1. The van der Waals surface area contributed by atoms with E-state index in [4.69, 9.17) is 9.26 Å². The molecule has 0 saturated carbocycles. The van der Waals surface area contributed by atoms with Crippen molar-refractivity contribution >= 4 is 0 Å².